The second-order valence-corrected chi connectivity index (χ2v) is 4.60. The van der Waals surface area contributed by atoms with Gasteiger partial charge in [0.2, 0.25) is 0 Å². The molecule has 0 aliphatic carbocycles. The Balaban J connectivity index is 2.40. The highest BCUT2D eigenvalue weighted by Gasteiger charge is 2.21. The topological polar surface area (TPSA) is 25.2 Å². The molecule has 1 aromatic heterocycles. The summed E-state index contributed by atoms with van der Waals surface area (Å²) in [4.78, 5) is 0. The molecule has 0 amide bonds. The number of benzene rings is 1. The molecule has 2 rings (SSSR count). The van der Waals surface area contributed by atoms with Gasteiger partial charge < -0.3 is 9.73 Å². The van der Waals surface area contributed by atoms with Gasteiger partial charge in [-0.05, 0) is 37.2 Å². The first-order valence-electron chi connectivity index (χ1n) is 6.04. The molecule has 0 saturated carbocycles. The molecule has 5 heteroatoms. The van der Waals surface area contributed by atoms with Crippen LogP contribution in [0.3, 0.4) is 0 Å². The van der Waals surface area contributed by atoms with Gasteiger partial charge in [0.05, 0.1) is 17.3 Å². The van der Waals surface area contributed by atoms with Crippen molar-refractivity contribution < 1.29 is 13.2 Å². The molecule has 102 valence electrons. The zero-order valence-electron chi connectivity index (χ0n) is 10.4. The van der Waals surface area contributed by atoms with Gasteiger partial charge in [0, 0.05) is 5.56 Å². The van der Waals surface area contributed by atoms with Gasteiger partial charge in [-0.2, -0.15) is 0 Å². The Bertz CT molecular complexity index is 543. The van der Waals surface area contributed by atoms with Crippen molar-refractivity contribution in [2.24, 2.45) is 0 Å². The molecular weight excluding hydrogens is 272 g/mol. The molecule has 0 saturated heterocycles. The van der Waals surface area contributed by atoms with E-state index in [4.69, 9.17) is 16.0 Å². The SMILES string of the molecule is CCCNC(c1ccco1)c1cc(F)c(Cl)cc1F. The lowest BCUT2D eigenvalue weighted by atomic mass is 10.0. The van der Waals surface area contributed by atoms with Crippen LogP contribution in [0.15, 0.2) is 34.9 Å². The van der Waals surface area contributed by atoms with E-state index in [0.717, 1.165) is 18.6 Å². The molecule has 0 fully saturated rings. The predicted octanol–water partition coefficient (Wildman–Crippen LogP) is 4.30. The summed E-state index contributed by atoms with van der Waals surface area (Å²) < 4.78 is 32.8. The van der Waals surface area contributed by atoms with Crippen LogP contribution in [0.4, 0.5) is 8.78 Å². The van der Waals surface area contributed by atoms with Gasteiger partial charge in [-0.25, -0.2) is 8.78 Å². The third kappa shape index (κ3) is 3.14. The minimum Gasteiger partial charge on any atom is -0.467 e. The lowest BCUT2D eigenvalue weighted by Gasteiger charge is -2.17. The Kier molecular flexibility index (Phi) is 4.56. The van der Waals surface area contributed by atoms with Gasteiger partial charge in [0.25, 0.3) is 0 Å². The third-order valence-electron chi connectivity index (χ3n) is 2.78. The molecule has 0 aliphatic rings. The normalized spacial score (nSPS) is 12.6. The molecule has 0 bridgehead atoms. The van der Waals surface area contributed by atoms with Crippen LogP contribution >= 0.6 is 11.6 Å². The van der Waals surface area contributed by atoms with Crippen LogP contribution in [-0.4, -0.2) is 6.54 Å². The van der Waals surface area contributed by atoms with Gasteiger partial charge >= 0.3 is 0 Å². The second kappa shape index (κ2) is 6.17. The average molecular weight is 286 g/mol. The molecule has 2 aromatic rings. The molecule has 1 heterocycles. The molecule has 1 aromatic carbocycles. The van der Waals surface area contributed by atoms with Gasteiger partial charge in [-0.1, -0.05) is 18.5 Å². The molecule has 1 atom stereocenters. The quantitative estimate of drug-likeness (QED) is 0.829. The summed E-state index contributed by atoms with van der Waals surface area (Å²) >= 11 is 5.56. The van der Waals surface area contributed by atoms with E-state index in [-0.39, 0.29) is 10.6 Å². The summed E-state index contributed by atoms with van der Waals surface area (Å²) in [7, 11) is 0. The lowest BCUT2D eigenvalue weighted by molar-refractivity contribution is 0.434. The van der Waals surface area contributed by atoms with Gasteiger partial charge in [0.15, 0.2) is 0 Å². The summed E-state index contributed by atoms with van der Waals surface area (Å²) in [6.45, 7) is 2.65. The standard InChI is InChI=1S/C14H14ClF2NO/c1-2-5-18-14(13-4-3-6-19-13)9-7-12(17)10(15)8-11(9)16/h3-4,6-8,14,18H,2,5H2,1H3. The van der Waals surface area contributed by atoms with Crippen LogP contribution in [0.5, 0.6) is 0 Å². The minimum atomic E-state index is -0.645. The van der Waals surface area contributed by atoms with Crippen LogP contribution < -0.4 is 5.32 Å². The van der Waals surface area contributed by atoms with Crippen molar-refractivity contribution in [3.63, 3.8) is 0 Å². The van der Waals surface area contributed by atoms with E-state index < -0.39 is 17.7 Å². The number of hydrogen-bond donors (Lipinski definition) is 1. The monoisotopic (exact) mass is 285 g/mol. The summed E-state index contributed by atoms with van der Waals surface area (Å²) in [5.41, 5.74) is 0.185. The number of halogens is 3. The molecule has 0 spiro atoms. The summed E-state index contributed by atoms with van der Waals surface area (Å²) in [5, 5.41) is 2.91. The molecule has 1 N–H and O–H groups in total. The van der Waals surface area contributed by atoms with E-state index in [1.807, 2.05) is 6.92 Å². The fourth-order valence-corrected chi connectivity index (χ4v) is 2.02. The summed E-state index contributed by atoms with van der Waals surface area (Å²) in [5.74, 6) is -0.668. The third-order valence-corrected chi connectivity index (χ3v) is 3.07. The van der Waals surface area contributed by atoms with E-state index >= 15 is 0 Å². The van der Waals surface area contributed by atoms with Crippen LogP contribution in [0, 0.1) is 11.6 Å². The van der Waals surface area contributed by atoms with Crippen molar-refractivity contribution in [1.29, 1.82) is 0 Å². The molecular formula is C14H14ClF2NO. The Hall–Kier alpha value is -1.39. The van der Waals surface area contributed by atoms with Crippen molar-refractivity contribution in [3.8, 4) is 0 Å². The van der Waals surface area contributed by atoms with Crippen LogP contribution in [-0.2, 0) is 0 Å². The smallest absolute Gasteiger partial charge is 0.142 e. The second-order valence-electron chi connectivity index (χ2n) is 4.19. The van der Waals surface area contributed by atoms with E-state index in [0.29, 0.717) is 12.3 Å². The predicted molar refractivity (Wildman–Crippen MR) is 70.2 cm³/mol. The molecule has 0 aliphatic heterocycles. The van der Waals surface area contributed by atoms with Crippen molar-refractivity contribution in [1.82, 2.24) is 5.32 Å². The Morgan fingerprint density at radius 2 is 2.11 bits per heavy atom. The number of furan rings is 1. The highest BCUT2D eigenvalue weighted by molar-refractivity contribution is 6.30. The maximum absolute atomic E-state index is 14.0. The number of nitrogens with one attached hydrogen (secondary N) is 1. The van der Waals surface area contributed by atoms with E-state index in [9.17, 15) is 8.78 Å². The van der Waals surface area contributed by atoms with E-state index in [2.05, 4.69) is 5.32 Å². The van der Waals surface area contributed by atoms with Gasteiger partial charge in [-0.3, -0.25) is 0 Å². The van der Waals surface area contributed by atoms with Crippen molar-refractivity contribution in [2.45, 2.75) is 19.4 Å². The van der Waals surface area contributed by atoms with Crippen LogP contribution in [0.1, 0.15) is 30.7 Å². The number of hydrogen-bond acceptors (Lipinski definition) is 2. The molecule has 0 radical (unpaired) electrons. The highest BCUT2D eigenvalue weighted by atomic mass is 35.5. The summed E-state index contributed by atoms with van der Waals surface area (Å²) in [6, 6.07) is 4.99. The first-order chi connectivity index (χ1) is 9.13. The molecule has 2 nitrogen and oxygen atoms in total. The van der Waals surface area contributed by atoms with Gasteiger partial charge in [0.1, 0.15) is 17.4 Å². The zero-order valence-corrected chi connectivity index (χ0v) is 11.2. The van der Waals surface area contributed by atoms with Crippen LogP contribution in [0.2, 0.25) is 5.02 Å². The summed E-state index contributed by atoms with van der Waals surface area (Å²) in [6.07, 6.45) is 2.37. The number of rotatable bonds is 5. The van der Waals surface area contributed by atoms with Gasteiger partial charge in [-0.15, -0.1) is 0 Å². The molecule has 1 unspecified atom stereocenters. The first kappa shape index (κ1) is 14.0. The van der Waals surface area contributed by atoms with Crippen molar-refractivity contribution in [2.75, 3.05) is 6.54 Å². The fraction of sp³-hybridized carbons (Fsp3) is 0.286. The maximum Gasteiger partial charge on any atom is 0.142 e. The maximum atomic E-state index is 14.0. The zero-order chi connectivity index (χ0) is 13.8. The van der Waals surface area contributed by atoms with E-state index in [1.54, 1.807) is 12.1 Å². The Labute approximate surface area is 115 Å². The minimum absolute atomic E-state index is 0.185. The Morgan fingerprint density at radius 1 is 1.32 bits per heavy atom. The Morgan fingerprint density at radius 3 is 2.74 bits per heavy atom. The highest BCUT2D eigenvalue weighted by Crippen LogP contribution is 2.28. The molecule has 19 heavy (non-hydrogen) atoms. The largest absolute Gasteiger partial charge is 0.467 e. The fourth-order valence-electron chi connectivity index (χ4n) is 1.87. The van der Waals surface area contributed by atoms with E-state index in [1.165, 1.54) is 6.26 Å². The first-order valence-corrected chi connectivity index (χ1v) is 6.42. The average Bonchev–Trinajstić information content (AvgIpc) is 2.89. The van der Waals surface area contributed by atoms with Crippen LogP contribution in [0.25, 0.3) is 0 Å². The van der Waals surface area contributed by atoms with Crippen molar-refractivity contribution in [3.05, 3.63) is 58.5 Å². The van der Waals surface area contributed by atoms with Crippen molar-refractivity contribution >= 4 is 11.6 Å². The lowest BCUT2D eigenvalue weighted by Crippen LogP contribution is -2.24.